The van der Waals surface area contributed by atoms with Crippen LogP contribution in [0.1, 0.15) is 17.0 Å². The molecule has 0 saturated carbocycles. The Labute approximate surface area is 125 Å². The Bertz CT molecular complexity index is 665. The van der Waals surface area contributed by atoms with Crippen molar-refractivity contribution in [3.05, 3.63) is 55.8 Å². The minimum atomic E-state index is -0.393. The highest BCUT2D eigenvalue weighted by Gasteiger charge is 2.11. The lowest BCUT2D eigenvalue weighted by Crippen LogP contribution is -2.02. The molecular formula is C14H16BrN3O2. The van der Waals surface area contributed by atoms with E-state index in [9.17, 15) is 10.1 Å². The molecule has 20 heavy (non-hydrogen) atoms. The number of nitro benzene ring substituents is 1. The topological polar surface area (TPSA) is 60.1 Å². The van der Waals surface area contributed by atoms with Crippen LogP contribution in [-0.2, 0) is 13.6 Å². The number of anilines is 1. The summed E-state index contributed by atoms with van der Waals surface area (Å²) >= 11 is 3.40. The zero-order valence-electron chi connectivity index (χ0n) is 11.6. The number of aromatic nitrogens is 1. The zero-order valence-corrected chi connectivity index (χ0v) is 13.2. The lowest BCUT2D eigenvalue weighted by atomic mass is 10.2. The molecule has 2 rings (SSSR count). The van der Waals surface area contributed by atoms with E-state index in [0.717, 1.165) is 10.2 Å². The van der Waals surface area contributed by atoms with Crippen LogP contribution in [0.15, 0.2) is 28.7 Å². The van der Waals surface area contributed by atoms with E-state index in [0.29, 0.717) is 6.54 Å². The normalized spacial score (nSPS) is 10.6. The van der Waals surface area contributed by atoms with Crippen LogP contribution in [0.3, 0.4) is 0 Å². The predicted octanol–water partition coefficient (Wildman–Crippen LogP) is 3.92. The highest BCUT2D eigenvalue weighted by Crippen LogP contribution is 2.28. The molecule has 1 N–H and O–H groups in total. The van der Waals surface area contributed by atoms with Gasteiger partial charge in [0.2, 0.25) is 0 Å². The maximum atomic E-state index is 10.8. The molecule has 0 radical (unpaired) electrons. The first-order valence-electron chi connectivity index (χ1n) is 6.19. The van der Waals surface area contributed by atoms with Gasteiger partial charge in [-0.05, 0) is 47.5 Å². The average molecular weight is 338 g/mol. The molecule has 2 aromatic rings. The molecule has 1 heterocycles. The molecule has 6 heteroatoms. The van der Waals surface area contributed by atoms with E-state index < -0.39 is 4.92 Å². The van der Waals surface area contributed by atoms with Gasteiger partial charge in [-0.3, -0.25) is 10.1 Å². The van der Waals surface area contributed by atoms with Crippen LogP contribution in [0.5, 0.6) is 0 Å². The van der Waals surface area contributed by atoms with E-state index >= 15 is 0 Å². The van der Waals surface area contributed by atoms with E-state index in [1.807, 2.05) is 7.05 Å². The summed E-state index contributed by atoms with van der Waals surface area (Å²) in [4.78, 5) is 10.4. The van der Waals surface area contributed by atoms with Gasteiger partial charge in [0, 0.05) is 41.6 Å². The summed E-state index contributed by atoms with van der Waals surface area (Å²) in [5.74, 6) is 0. The first kappa shape index (κ1) is 14.6. The Hall–Kier alpha value is -1.82. The minimum Gasteiger partial charge on any atom is -0.380 e. The van der Waals surface area contributed by atoms with Crippen molar-refractivity contribution in [3.8, 4) is 0 Å². The molecule has 0 fully saturated rings. The Morgan fingerprint density at radius 3 is 2.60 bits per heavy atom. The molecule has 0 bridgehead atoms. The van der Waals surface area contributed by atoms with Crippen molar-refractivity contribution >= 4 is 27.3 Å². The van der Waals surface area contributed by atoms with Crippen LogP contribution in [0.2, 0.25) is 0 Å². The summed E-state index contributed by atoms with van der Waals surface area (Å²) in [6.07, 6.45) is 0. The number of aryl methyl sites for hydroxylation is 1. The van der Waals surface area contributed by atoms with Gasteiger partial charge in [-0.25, -0.2) is 0 Å². The first-order chi connectivity index (χ1) is 9.40. The molecule has 0 amide bonds. The van der Waals surface area contributed by atoms with E-state index in [-0.39, 0.29) is 5.69 Å². The van der Waals surface area contributed by atoms with Gasteiger partial charge >= 0.3 is 0 Å². The van der Waals surface area contributed by atoms with Crippen LogP contribution in [0, 0.1) is 24.0 Å². The van der Waals surface area contributed by atoms with Crippen LogP contribution in [-0.4, -0.2) is 9.49 Å². The Morgan fingerprint density at radius 2 is 2.05 bits per heavy atom. The molecule has 106 valence electrons. The van der Waals surface area contributed by atoms with Crippen molar-refractivity contribution in [1.29, 1.82) is 0 Å². The van der Waals surface area contributed by atoms with E-state index in [4.69, 9.17) is 0 Å². The summed E-state index contributed by atoms with van der Waals surface area (Å²) in [5.41, 5.74) is 4.37. The van der Waals surface area contributed by atoms with Crippen LogP contribution < -0.4 is 5.32 Å². The largest absolute Gasteiger partial charge is 0.380 e. The molecule has 1 aromatic carbocycles. The molecule has 0 aliphatic heterocycles. The summed E-state index contributed by atoms with van der Waals surface area (Å²) in [6, 6.07) is 6.82. The minimum absolute atomic E-state index is 0.0802. The smallest absolute Gasteiger partial charge is 0.271 e. The lowest BCUT2D eigenvalue weighted by Gasteiger charge is -2.09. The third-order valence-electron chi connectivity index (χ3n) is 3.51. The number of halogens is 1. The highest BCUT2D eigenvalue weighted by molar-refractivity contribution is 9.10. The van der Waals surface area contributed by atoms with Gasteiger partial charge in [0.1, 0.15) is 0 Å². The average Bonchev–Trinajstić information content (AvgIpc) is 2.65. The molecule has 5 nitrogen and oxygen atoms in total. The summed E-state index contributed by atoms with van der Waals surface area (Å²) < 4.78 is 2.94. The second kappa shape index (κ2) is 5.66. The molecular weight excluding hydrogens is 322 g/mol. The maximum absolute atomic E-state index is 10.8. The van der Waals surface area contributed by atoms with E-state index in [2.05, 4.69) is 45.7 Å². The van der Waals surface area contributed by atoms with Crippen molar-refractivity contribution in [2.24, 2.45) is 7.05 Å². The molecule has 0 saturated heterocycles. The van der Waals surface area contributed by atoms with Crippen LogP contribution >= 0.6 is 15.9 Å². The molecule has 0 aliphatic rings. The number of nitrogens with one attached hydrogen (secondary N) is 1. The maximum Gasteiger partial charge on any atom is 0.271 e. The monoisotopic (exact) mass is 337 g/mol. The van der Waals surface area contributed by atoms with Crippen LogP contribution in [0.4, 0.5) is 11.4 Å². The van der Waals surface area contributed by atoms with Gasteiger partial charge in [-0.1, -0.05) is 0 Å². The van der Waals surface area contributed by atoms with Crippen molar-refractivity contribution in [3.63, 3.8) is 0 Å². The number of hydrogen-bond acceptors (Lipinski definition) is 3. The summed E-state index contributed by atoms with van der Waals surface area (Å²) in [7, 11) is 2.03. The van der Waals surface area contributed by atoms with Crippen molar-refractivity contribution in [2.45, 2.75) is 20.4 Å². The first-order valence-corrected chi connectivity index (χ1v) is 6.99. The fraction of sp³-hybridized carbons (Fsp3) is 0.286. The number of benzene rings is 1. The molecule has 0 atom stereocenters. The third-order valence-corrected chi connectivity index (χ3v) is 4.20. The Kier molecular flexibility index (Phi) is 4.13. The Morgan fingerprint density at radius 1 is 1.35 bits per heavy atom. The highest BCUT2D eigenvalue weighted by atomic mass is 79.9. The second-order valence-electron chi connectivity index (χ2n) is 4.73. The molecule has 0 unspecified atom stereocenters. The summed E-state index contributed by atoms with van der Waals surface area (Å²) in [6.45, 7) is 4.75. The van der Waals surface area contributed by atoms with Gasteiger partial charge in [-0.15, -0.1) is 0 Å². The van der Waals surface area contributed by atoms with Crippen molar-refractivity contribution < 1.29 is 4.92 Å². The molecule has 0 spiro atoms. The van der Waals surface area contributed by atoms with Crippen molar-refractivity contribution in [2.75, 3.05) is 5.32 Å². The predicted molar refractivity (Wildman–Crippen MR) is 83.0 cm³/mol. The molecule has 0 aliphatic carbocycles. The van der Waals surface area contributed by atoms with Gasteiger partial charge in [0.15, 0.2) is 0 Å². The number of non-ortho nitro benzene ring substituents is 1. The van der Waals surface area contributed by atoms with Crippen LogP contribution in [0.25, 0.3) is 0 Å². The second-order valence-corrected chi connectivity index (χ2v) is 5.58. The molecule has 1 aromatic heterocycles. The Balaban J connectivity index is 2.20. The van der Waals surface area contributed by atoms with Gasteiger partial charge in [0.25, 0.3) is 5.69 Å². The van der Waals surface area contributed by atoms with Crippen molar-refractivity contribution in [1.82, 2.24) is 4.57 Å². The zero-order chi connectivity index (χ0) is 14.9. The SMILES string of the molecule is Cc1cc(CNc2cc([N+](=O)[O-])ccc2Br)c(C)n1C. The summed E-state index contributed by atoms with van der Waals surface area (Å²) in [5, 5.41) is 14.0. The van der Waals surface area contributed by atoms with Gasteiger partial charge < -0.3 is 9.88 Å². The fourth-order valence-electron chi connectivity index (χ4n) is 2.07. The van der Waals surface area contributed by atoms with E-state index in [1.54, 1.807) is 6.07 Å². The number of nitrogens with zero attached hydrogens (tertiary/aromatic N) is 2. The number of nitro groups is 1. The number of rotatable bonds is 4. The standard InChI is InChI=1S/C14H16BrN3O2/c1-9-6-11(10(2)17(9)3)8-16-14-7-12(18(19)20)4-5-13(14)15/h4-7,16H,8H2,1-3H3. The van der Waals surface area contributed by atoms with Gasteiger partial charge in [-0.2, -0.15) is 0 Å². The fourth-order valence-corrected chi connectivity index (χ4v) is 2.45. The quantitative estimate of drug-likeness (QED) is 0.679. The van der Waals surface area contributed by atoms with Gasteiger partial charge in [0.05, 0.1) is 10.6 Å². The van der Waals surface area contributed by atoms with E-state index in [1.165, 1.54) is 29.1 Å². The third kappa shape index (κ3) is 2.85. The lowest BCUT2D eigenvalue weighted by molar-refractivity contribution is -0.384. The number of hydrogen-bond donors (Lipinski definition) is 1.